The Balaban J connectivity index is 1.72. The minimum absolute atomic E-state index is 0.0427. The molecule has 4 aromatic rings. The lowest BCUT2D eigenvalue weighted by atomic mass is 10.1. The summed E-state index contributed by atoms with van der Waals surface area (Å²) >= 11 is 0. The Morgan fingerprint density at radius 3 is 2.27 bits per heavy atom. The standard InChI is InChI=1S/C22H16N4O3S/c1-15-21(17-9-7-16(13-23)8-10-17)22(27)26(25-15)20-12-11-19(14-24-20)30(28,29)18-5-3-2-4-6-18/h2-12,14,25H,1H3. The van der Waals surface area contributed by atoms with Crippen LogP contribution in [0, 0.1) is 18.3 Å². The quantitative estimate of drug-likeness (QED) is 0.549. The van der Waals surface area contributed by atoms with Crippen LogP contribution in [0.4, 0.5) is 0 Å². The van der Waals surface area contributed by atoms with E-state index in [0.717, 1.165) is 0 Å². The van der Waals surface area contributed by atoms with Crippen molar-refractivity contribution in [3.8, 4) is 23.0 Å². The van der Waals surface area contributed by atoms with Gasteiger partial charge in [0, 0.05) is 11.9 Å². The Hall–Kier alpha value is -3.96. The SMILES string of the molecule is Cc1[nH]n(-c2ccc(S(=O)(=O)c3ccccc3)cn2)c(=O)c1-c1ccc(C#N)cc1. The predicted molar refractivity (Wildman–Crippen MR) is 111 cm³/mol. The van der Waals surface area contributed by atoms with Gasteiger partial charge in [-0.3, -0.25) is 9.89 Å². The maximum absolute atomic E-state index is 13.0. The van der Waals surface area contributed by atoms with E-state index < -0.39 is 9.84 Å². The number of nitrogens with one attached hydrogen (secondary N) is 1. The van der Waals surface area contributed by atoms with E-state index in [2.05, 4.69) is 10.1 Å². The number of H-pyrrole nitrogens is 1. The average Bonchev–Trinajstić information content (AvgIpc) is 3.08. The molecule has 0 unspecified atom stereocenters. The fourth-order valence-corrected chi connectivity index (χ4v) is 4.39. The number of nitriles is 1. The maximum atomic E-state index is 13.0. The van der Waals surface area contributed by atoms with Gasteiger partial charge in [-0.1, -0.05) is 30.3 Å². The molecule has 0 atom stereocenters. The first-order valence-electron chi connectivity index (χ1n) is 9.00. The van der Waals surface area contributed by atoms with Gasteiger partial charge >= 0.3 is 0 Å². The molecule has 4 rings (SSSR count). The van der Waals surface area contributed by atoms with E-state index in [0.29, 0.717) is 22.4 Å². The van der Waals surface area contributed by atoms with Gasteiger partial charge < -0.3 is 0 Å². The molecule has 2 heterocycles. The van der Waals surface area contributed by atoms with E-state index in [1.165, 1.54) is 35.1 Å². The van der Waals surface area contributed by atoms with Crippen molar-refractivity contribution in [1.82, 2.24) is 14.8 Å². The monoisotopic (exact) mass is 416 g/mol. The lowest BCUT2D eigenvalue weighted by Crippen LogP contribution is -2.17. The molecule has 0 aliphatic carbocycles. The van der Waals surface area contributed by atoms with Crippen LogP contribution in [0.2, 0.25) is 0 Å². The smallest absolute Gasteiger partial charge is 0.280 e. The van der Waals surface area contributed by atoms with E-state index >= 15 is 0 Å². The summed E-state index contributed by atoms with van der Waals surface area (Å²) in [4.78, 5) is 17.4. The summed E-state index contributed by atoms with van der Waals surface area (Å²) in [6.07, 6.45) is 1.24. The third kappa shape index (κ3) is 3.32. The van der Waals surface area contributed by atoms with Gasteiger partial charge in [0.1, 0.15) is 0 Å². The zero-order chi connectivity index (χ0) is 21.3. The molecule has 2 aromatic carbocycles. The Labute approximate surface area is 172 Å². The van der Waals surface area contributed by atoms with Crippen LogP contribution in [0.15, 0.2) is 87.5 Å². The lowest BCUT2D eigenvalue weighted by molar-refractivity contribution is 0.595. The summed E-state index contributed by atoms with van der Waals surface area (Å²) < 4.78 is 26.7. The Kier molecular flexibility index (Phi) is 4.82. The molecule has 0 amide bonds. The van der Waals surface area contributed by atoms with Crippen molar-refractivity contribution in [3.63, 3.8) is 0 Å². The topological polar surface area (TPSA) is 109 Å². The Bertz CT molecular complexity index is 1410. The second kappa shape index (κ2) is 7.46. The van der Waals surface area contributed by atoms with Gasteiger partial charge in [0.15, 0.2) is 5.82 Å². The number of nitrogens with zero attached hydrogens (tertiary/aromatic N) is 3. The number of pyridine rings is 1. The first kappa shape index (κ1) is 19.4. The van der Waals surface area contributed by atoms with E-state index in [-0.39, 0.29) is 21.2 Å². The van der Waals surface area contributed by atoms with Crippen molar-refractivity contribution < 1.29 is 8.42 Å². The van der Waals surface area contributed by atoms with E-state index in [9.17, 15) is 13.2 Å². The number of rotatable bonds is 4. The number of aryl methyl sites for hydroxylation is 1. The highest BCUT2D eigenvalue weighted by Crippen LogP contribution is 2.22. The lowest BCUT2D eigenvalue weighted by Gasteiger charge is -2.05. The van der Waals surface area contributed by atoms with Crippen molar-refractivity contribution in [1.29, 1.82) is 5.26 Å². The molecule has 2 aromatic heterocycles. The first-order valence-corrected chi connectivity index (χ1v) is 10.5. The third-order valence-electron chi connectivity index (χ3n) is 4.69. The molecule has 0 bridgehead atoms. The molecule has 7 nitrogen and oxygen atoms in total. The molecule has 0 spiro atoms. The van der Waals surface area contributed by atoms with Crippen LogP contribution in [-0.2, 0) is 9.84 Å². The number of aromatic amines is 1. The summed E-state index contributed by atoms with van der Waals surface area (Å²) in [5.41, 5.74) is 1.96. The molecular formula is C22H16N4O3S. The molecule has 0 saturated heterocycles. The van der Waals surface area contributed by atoms with Gasteiger partial charge in [0.05, 0.1) is 27.0 Å². The van der Waals surface area contributed by atoms with Crippen molar-refractivity contribution in [3.05, 3.63) is 94.5 Å². The van der Waals surface area contributed by atoms with Crippen LogP contribution in [0.25, 0.3) is 16.9 Å². The fraction of sp³-hybridized carbons (Fsp3) is 0.0455. The number of aromatic nitrogens is 3. The van der Waals surface area contributed by atoms with Gasteiger partial charge in [-0.2, -0.15) is 5.26 Å². The number of benzene rings is 2. The van der Waals surface area contributed by atoms with Crippen LogP contribution < -0.4 is 5.56 Å². The van der Waals surface area contributed by atoms with Crippen molar-refractivity contribution in [2.75, 3.05) is 0 Å². The van der Waals surface area contributed by atoms with Crippen molar-refractivity contribution in [2.24, 2.45) is 0 Å². The molecule has 8 heteroatoms. The molecule has 30 heavy (non-hydrogen) atoms. The first-order chi connectivity index (χ1) is 14.4. The molecular weight excluding hydrogens is 400 g/mol. The third-order valence-corrected chi connectivity index (χ3v) is 6.44. The second-order valence-electron chi connectivity index (χ2n) is 6.61. The second-order valence-corrected chi connectivity index (χ2v) is 8.56. The summed E-state index contributed by atoms with van der Waals surface area (Å²) in [6.45, 7) is 1.76. The average molecular weight is 416 g/mol. The van der Waals surface area contributed by atoms with Crippen molar-refractivity contribution >= 4 is 9.84 Å². The minimum atomic E-state index is -3.69. The highest BCUT2D eigenvalue weighted by molar-refractivity contribution is 7.91. The molecule has 148 valence electrons. The molecule has 1 N–H and O–H groups in total. The summed E-state index contributed by atoms with van der Waals surface area (Å²) in [6, 6.07) is 19.8. The number of hydrogen-bond acceptors (Lipinski definition) is 5. The van der Waals surface area contributed by atoms with Gasteiger partial charge in [-0.15, -0.1) is 0 Å². The van der Waals surface area contributed by atoms with Gasteiger partial charge in [-0.25, -0.2) is 18.1 Å². The summed E-state index contributed by atoms with van der Waals surface area (Å²) in [7, 11) is -3.69. The van der Waals surface area contributed by atoms with Gasteiger partial charge in [-0.05, 0) is 48.9 Å². The molecule has 0 aliphatic rings. The van der Waals surface area contributed by atoms with Gasteiger partial charge in [0.2, 0.25) is 9.84 Å². The molecule has 0 radical (unpaired) electrons. The van der Waals surface area contributed by atoms with E-state index in [1.807, 2.05) is 6.07 Å². The van der Waals surface area contributed by atoms with Crippen LogP contribution in [0.5, 0.6) is 0 Å². The highest BCUT2D eigenvalue weighted by Gasteiger charge is 2.19. The van der Waals surface area contributed by atoms with Crippen LogP contribution in [0.1, 0.15) is 11.3 Å². The van der Waals surface area contributed by atoms with Crippen molar-refractivity contribution in [2.45, 2.75) is 16.7 Å². The minimum Gasteiger partial charge on any atom is -0.293 e. The zero-order valence-corrected chi connectivity index (χ0v) is 16.7. The van der Waals surface area contributed by atoms with Crippen LogP contribution in [-0.4, -0.2) is 23.2 Å². The molecule has 0 fully saturated rings. The normalized spacial score (nSPS) is 11.2. The summed E-state index contributed by atoms with van der Waals surface area (Å²) in [5.74, 6) is 0.273. The van der Waals surface area contributed by atoms with Gasteiger partial charge in [0.25, 0.3) is 5.56 Å². The number of sulfone groups is 1. The van der Waals surface area contributed by atoms with Crippen LogP contribution in [0.3, 0.4) is 0 Å². The Morgan fingerprint density at radius 2 is 1.67 bits per heavy atom. The Morgan fingerprint density at radius 1 is 0.967 bits per heavy atom. The predicted octanol–water partition coefficient (Wildman–Crippen LogP) is 3.24. The maximum Gasteiger partial charge on any atom is 0.280 e. The molecule has 0 aliphatic heterocycles. The number of hydrogen-bond donors (Lipinski definition) is 1. The van der Waals surface area contributed by atoms with Crippen LogP contribution >= 0.6 is 0 Å². The van der Waals surface area contributed by atoms with E-state index in [4.69, 9.17) is 5.26 Å². The molecule has 0 saturated carbocycles. The van der Waals surface area contributed by atoms with E-state index in [1.54, 1.807) is 49.4 Å². The summed E-state index contributed by atoms with van der Waals surface area (Å²) in [5, 5.41) is 11.9. The highest BCUT2D eigenvalue weighted by atomic mass is 32.2. The largest absolute Gasteiger partial charge is 0.293 e. The zero-order valence-electron chi connectivity index (χ0n) is 15.9. The fourth-order valence-electron chi connectivity index (χ4n) is 3.16.